The molecule has 0 aliphatic carbocycles. The fourth-order valence-electron chi connectivity index (χ4n) is 1.58. The van der Waals surface area contributed by atoms with Crippen molar-refractivity contribution < 1.29 is 17.8 Å². The van der Waals surface area contributed by atoms with Crippen LogP contribution in [0.5, 0.6) is 0 Å². The van der Waals surface area contributed by atoms with Gasteiger partial charge in [-0.1, -0.05) is 20.8 Å². The second kappa shape index (κ2) is 6.07. The second-order valence-electron chi connectivity index (χ2n) is 7.32. The van der Waals surface area contributed by atoms with Gasteiger partial charge in [0, 0.05) is 16.2 Å². The smallest absolute Gasteiger partial charge is 0.259 e. The topological polar surface area (TPSA) is 46.5 Å². The Morgan fingerprint density at radius 3 is 1.86 bits per heavy atom. The molecule has 0 unspecified atom stereocenters. The zero-order valence-corrected chi connectivity index (χ0v) is 14.7. The summed E-state index contributed by atoms with van der Waals surface area (Å²) < 4.78 is 43.0. The predicted octanol–water partition coefficient (Wildman–Crippen LogP) is 4.30. The van der Waals surface area contributed by atoms with Gasteiger partial charge in [0.05, 0.1) is 15.5 Å². The van der Waals surface area contributed by atoms with E-state index >= 15 is 0 Å². The number of carbonyl (C=O) groups excluding carboxylic acids is 1. The molecule has 0 fully saturated rings. The lowest BCUT2D eigenvalue weighted by molar-refractivity contribution is -0.124. The Balaban J connectivity index is 3.40. The summed E-state index contributed by atoms with van der Waals surface area (Å²) >= 11 is 0. The van der Waals surface area contributed by atoms with Crippen LogP contribution >= 0.6 is 0 Å². The number of hydrogen-bond acceptors (Lipinski definition) is 2. The Hall–Kier alpha value is -1.30. The third-order valence-electron chi connectivity index (χ3n) is 3.11. The van der Waals surface area contributed by atoms with Crippen molar-refractivity contribution in [2.45, 2.75) is 52.0 Å². The lowest BCUT2D eigenvalue weighted by atomic mass is 9.96. The SMILES string of the molecule is CC(C)(C)C(=O)N=[S@@](=O)(Cc1cc(F)cc(F)c1)C(C)(C)C. The largest absolute Gasteiger partial charge is 0.271 e. The fourth-order valence-corrected chi connectivity index (χ4v) is 3.51. The summed E-state index contributed by atoms with van der Waals surface area (Å²) in [6, 6.07) is 2.98. The molecule has 0 saturated carbocycles. The van der Waals surface area contributed by atoms with E-state index < -0.39 is 37.4 Å². The first-order valence-corrected chi connectivity index (χ1v) is 8.67. The molecule has 0 saturated heterocycles. The van der Waals surface area contributed by atoms with E-state index in [2.05, 4.69) is 4.36 Å². The van der Waals surface area contributed by atoms with Gasteiger partial charge in [-0.2, -0.15) is 4.36 Å². The average molecular weight is 331 g/mol. The van der Waals surface area contributed by atoms with Gasteiger partial charge in [0.1, 0.15) is 11.6 Å². The highest BCUT2D eigenvalue weighted by atomic mass is 32.2. The molecule has 124 valence electrons. The number of rotatable bonds is 2. The molecule has 0 aromatic heterocycles. The van der Waals surface area contributed by atoms with Gasteiger partial charge in [0.25, 0.3) is 5.91 Å². The number of halogens is 2. The quantitative estimate of drug-likeness (QED) is 0.811. The molecule has 1 atom stereocenters. The molecule has 0 spiro atoms. The van der Waals surface area contributed by atoms with E-state index in [4.69, 9.17) is 0 Å². The molecular weight excluding hydrogens is 308 g/mol. The fraction of sp³-hybridized carbons (Fsp3) is 0.562. The zero-order chi connectivity index (χ0) is 17.3. The van der Waals surface area contributed by atoms with E-state index in [0.717, 1.165) is 18.2 Å². The van der Waals surface area contributed by atoms with Crippen LogP contribution < -0.4 is 0 Å². The van der Waals surface area contributed by atoms with Crippen LogP contribution in [-0.4, -0.2) is 14.9 Å². The van der Waals surface area contributed by atoms with Gasteiger partial charge in [-0.15, -0.1) is 0 Å². The monoisotopic (exact) mass is 331 g/mol. The highest BCUT2D eigenvalue weighted by Crippen LogP contribution is 2.27. The maximum atomic E-state index is 13.3. The lowest BCUT2D eigenvalue weighted by Gasteiger charge is -2.25. The van der Waals surface area contributed by atoms with Crippen molar-refractivity contribution in [2.75, 3.05) is 0 Å². The van der Waals surface area contributed by atoms with Crippen molar-refractivity contribution in [3.05, 3.63) is 35.4 Å². The maximum Gasteiger partial charge on any atom is 0.259 e. The first kappa shape index (κ1) is 18.7. The van der Waals surface area contributed by atoms with Gasteiger partial charge in [-0.05, 0) is 38.5 Å². The first-order valence-electron chi connectivity index (χ1n) is 6.98. The van der Waals surface area contributed by atoms with Crippen molar-refractivity contribution in [1.29, 1.82) is 0 Å². The van der Waals surface area contributed by atoms with Crippen LogP contribution in [0.15, 0.2) is 22.6 Å². The minimum Gasteiger partial charge on any atom is -0.271 e. The molecule has 0 radical (unpaired) electrons. The van der Waals surface area contributed by atoms with Gasteiger partial charge in [-0.25, -0.2) is 13.0 Å². The van der Waals surface area contributed by atoms with Crippen molar-refractivity contribution in [1.82, 2.24) is 0 Å². The summed E-state index contributed by atoms with van der Waals surface area (Å²) in [5, 5.41) is 0. The van der Waals surface area contributed by atoms with Gasteiger partial charge < -0.3 is 0 Å². The summed E-state index contributed by atoms with van der Waals surface area (Å²) in [5.74, 6) is -2.14. The lowest BCUT2D eigenvalue weighted by Crippen LogP contribution is -2.32. The molecule has 0 N–H and O–H groups in total. The minimum atomic E-state index is -3.03. The Labute approximate surface area is 131 Å². The third kappa shape index (κ3) is 4.60. The average Bonchev–Trinajstić information content (AvgIpc) is 2.23. The highest BCUT2D eigenvalue weighted by molar-refractivity contribution is 7.94. The molecule has 22 heavy (non-hydrogen) atoms. The Morgan fingerprint density at radius 2 is 1.50 bits per heavy atom. The summed E-state index contributed by atoms with van der Waals surface area (Å²) in [6.07, 6.45) is 0. The molecule has 0 heterocycles. The number of carbonyl (C=O) groups is 1. The third-order valence-corrected chi connectivity index (χ3v) is 6.21. The van der Waals surface area contributed by atoms with Crippen molar-refractivity contribution in [2.24, 2.45) is 9.78 Å². The van der Waals surface area contributed by atoms with E-state index in [1.807, 2.05) is 0 Å². The summed E-state index contributed by atoms with van der Waals surface area (Å²) in [4.78, 5) is 12.2. The van der Waals surface area contributed by atoms with Crippen molar-refractivity contribution in [3.63, 3.8) is 0 Å². The summed E-state index contributed by atoms with van der Waals surface area (Å²) in [6.45, 7) is 10.1. The molecule has 0 aliphatic rings. The molecule has 1 rings (SSSR count). The van der Waals surface area contributed by atoms with Gasteiger partial charge in [0.2, 0.25) is 0 Å². The second-order valence-corrected chi connectivity index (χ2v) is 10.3. The Kier molecular flexibility index (Phi) is 5.17. The van der Waals surface area contributed by atoms with E-state index in [1.54, 1.807) is 41.5 Å². The summed E-state index contributed by atoms with van der Waals surface area (Å²) in [5.41, 5.74) is -0.538. The molecule has 0 bridgehead atoms. The van der Waals surface area contributed by atoms with E-state index in [0.29, 0.717) is 0 Å². The molecule has 0 aliphatic heterocycles. The molecule has 1 aromatic carbocycles. The number of nitrogens with zero attached hydrogens (tertiary/aromatic N) is 1. The van der Waals surface area contributed by atoms with Gasteiger partial charge >= 0.3 is 0 Å². The van der Waals surface area contributed by atoms with Crippen LogP contribution in [0.25, 0.3) is 0 Å². The number of hydrogen-bond donors (Lipinski definition) is 0. The van der Waals surface area contributed by atoms with Gasteiger partial charge in [-0.3, -0.25) is 4.79 Å². The number of benzene rings is 1. The molecule has 1 aromatic rings. The molecule has 1 amide bonds. The van der Waals surface area contributed by atoms with E-state index in [1.165, 1.54) is 0 Å². The Morgan fingerprint density at radius 1 is 1.05 bits per heavy atom. The van der Waals surface area contributed by atoms with Crippen molar-refractivity contribution in [3.8, 4) is 0 Å². The normalized spacial score (nSPS) is 15.3. The van der Waals surface area contributed by atoms with E-state index in [9.17, 15) is 17.8 Å². The molecular formula is C16H23F2NO2S. The minimum absolute atomic E-state index is 0.174. The zero-order valence-electron chi connectivity index (χ0n) is 13.9. The number of amides is 1. The first-order chi connectivity index (χ1) is 9.74. The summed E-state index contributed by atoms with van der Waals surface area (Å²) in [7, 11) is -3.03. The molecule has 3 nitrogen and oxygen atoms in total. The molecule has 6 heteroatoms. The predicted molar refractivity (Wildman–Crippen MR) is 84.8 cm³/mol. The van der Waals surface area contributed by atoms with Crippen molar-refractivity contribution >= 4 is 15.6 Å². The highest BCUT2D eigenvalue weighted by Gasteiger charge is 2.31. The van der Waals surface area contributed by atoms with Crippen LogP contribution in [0, 0.1) is 17.0 Å². The van der Waals surface area contributed by atoms with Crippen LogP contribution in [0.3, 0.4) is 0 Å². The standard InChI is InChI=1S/C16H23F2NO2S/c1-15(2,3)14(20)19-22(21,16(4,5)6)10-11-7-12(17)9-13(18)8-11/h7-9H,10H2,1-6H3/t22-/m1/s1. The van der Waals surface area contributed by atoms with Gasteiger partial charge in [0.15, 0.2) is 0 Å². The van der Waals surface area contributed by atoms with E-state index in [-0.39, 0.29) is 11.3 Å². The van der Waals surface area contributed by atoms with Crippen LogP contribution in [0.1, 0.15) is 47.1 Å². The van der Waals surface area contributed by atoms with Crippen LogP contribution in [0.2, 0.25) is 0 Å². The van der Waals surface area contributed by atoms with Crippen LogP contribution in [0.4, 0.5) is 8.78 Å². The maximum absolute atomic E-state index is 13.3. The van der Waals surface area contributed by atoms with Crippen LogP contribution in [-0.2, 0) is 20.3 Å². The Bertz CT molecular complexity index is 671.